The lowest BCUT2D eigenvalue weighted by Crippen LogP contribution is -2.14. The van der Waals surface area contributed by atoms with Gasteiger partial charge in [0.05, 0.1) is 5.69 Å². The van der Waals surface area contributed by atoms with Crippen LogP contribution in [-0.2, 0) is 0 Å². The Morgan fingerprint density at radius 2 is 2.23 bits per heavy atom. The lowest BCUT2D eigenvalue weighted by atomic mass is 10.2. The summed E-state index contributed by atoms with van der Waals surface area (Å²) < 4.78 is 1.14. The quantitative estimate of drug-likeness (QED) is 0.796. The van der Waals surface area contributed by atoms with Crippen LogP contribution >= 0.6 is 22.9 Å². The molecule has 6 nitrogen and oxygen atoms in total. The molecule has 0 radical (unpaired) electrons. The van der Waals surface area contributed by atoms with Crippen molar-refractivity contribution < 1.29 is 9.90 Å². The number of aromatic carboxylic acids is 1. The number of thiazole rings is 1. The summed E-state index contributed by atoms with van der Waals surface area (Å²) in [6.07, 6.45) is 7.85. The molecule has 0 saturated heterocycles. The number of carboxylic acid groups (broad SMARTS) is 1. The Hall–Kier alpha value is -2.51. The Morgan fingerprint density at radius 1 is 1.41 bits per heavy atom. The van der Waals surface area contributed by atoms with Gasteiger partial charge in [-0.15, -0.1) is 0 Å². The lowest BCUT2D eigenvalue weighted by molar-refractivity contribution is 0.0702. The molecule has 3 heterocycles. The first-order valence-electron chi connectivity index (χ1n) is 6.09. The van der Waals surface area contributed by atoms with Crippen molar-refractivity contribution in [2.24, 2.45) is 0 Å². The first kappa shape index (κ1) is 14.4. The first-order chi connectivity index (χ1) is 10.6. The van der Waals surface area contributed by atoms with Crippen molar-refractivity contribution in [1.29, 1.82) is 0 Å². The molecule has 1 N–H and O–H groups in total. The Balaban J connectivity index is 2.10. The number of hydrogen-bond donors (Lipinski definition) is 1. The molecule has 0 aliphatic carbocycles. The molecule has 0 bridgehead atoms. The average Bonchev–Trinajstić information content (AvgIpc) is 2.95. The summed E-state index contributed by atoms with van der Waals surface area (Å²) in [5.41, 5.74) is 0.619. The van der Waals surface area contributed by atoms with E-state index >= 15 is 0 Å². The third-order valence-corrected chi connectivity index (χ3v) is 4.16. The van der Waals surface area contributed by atoms with E-state index in [1.807, 2.05) is 6.07 Å². The molecule has 22 heavy (non-hydrogen) atoms. The van der Waals surface area contributed by atoms with E-state index in [9.17, 15) is 9.59 Å². The van der Waals surface area contributed by atoms with Crippen LogP contribution in [0, 0.1) is 0 Å². The highest BCUT2D eigenvalue weighted by Crippen LogP contribution is 2.19. The predicted molar refractivity (Wildman–Crippen MR) is 84.5 cm³/mol. The van der Waals surface area contributed by atoms with Crippen LogP contribution in [0.3, 0.4) is 0 Å². The second-order valence-electron chi connectivity index (χ2n) is 4.29. The van der Waals surface area contributed by atoms with Gasteiger partial charge in [-0.05, 0) is 17.7 Å². The summed E-state index contributed by atoms with van der Waals surface area (Å²) in [5, 5.41) is 8.92. The fraction of sp³-hybridized carbons (Fsp3) is 0. The van der Waals surface area contributed by atoms with E-state index < -0.39 is 11.5 Å². The third-order valence-electron chi connectivity index (χ3n) is 2.83. The van der Waals surface area contributed by atoms with E-state index in [1.54, 1.807) is 30.6 Å². The molecule has 8 heteroatoms. The normalized spacial score (nSPS) is 11.3. The maximum Gasteiger partial charge on any atom is 0.347 e. The monoisotopic (exact) mass is 333 g/mol. The molecule has 0 fully saturated rings. The summed E-state index contributed by atoms with van der Waals surface area (Å²) in [6, 6.07) is 3.63. The molecule has 0 unspecified atom stereocenters. The van der Waals surface area contributed by atoms with Crippen LogP contribution in [0.15, 0.2) is 35.5 Å². The second-order valence-corrected chi connectivity index (χ2v) is 5.68. The zero-order valence-electron chi connectivity index (χ0n) is 10.9. The topological polar surface area (TPSA) is 84.6 Å². The van der Waals surface area contributed by atoms with Gasteiger partial charge in [0, 0.05) is 18.6 Å². The molecule has 3 aromatic rings. The van der Waals surface area contributed by atoms with Gasteiger partial charge in [0.25, 0.3) is 5.56 Å². The predicted octanol–water partition coefficient (Wildman–Crippen LogP) is 2.67. The highest BCUT2D eigenvalue weighted by molar-refractivity contribution is 7.18. The van der Waals surface area contributed by atoms with Gasteiger partial charge in [0.2, 0.25) is 0 Å². The minimum absolute atomic E-state index is 0.0223. The van der Waals surface area contributed by atoms with Crippen LogP contribution in [-0.4, -0.2) is 25.4 Å². The minimum Gasteiger partial charge on any atom is -0.477 e. The Kier molecular flexibility index (Phi) is 3.74. The first-order valence-corrected chi connectivity index (χ1v) is 7.29. The lowest BCUT2D eigenvalue weighted by Gasteiger charge is -1.98. The molecule has 110 valence electrons. The summed E-state index contributed by atoms with van der Waals surface area (Å²) >= 11 is 6.93. The molecule has 3 aromatic heterocycles. The fourth-order valence-corrected chi connectivity index (χ4v) is 2.81. The van der Waals surface area contributed by atoms with Crippen LogP contribution in [0.25, 0.3) is 17.1 Å². The third kappa shape index (κ3) is 2.63. The smallest absolute Gasteiger partial charge is 0.347 e. The summed E-state index contributed by atoms with van der Waals surface area (Å²) in [4.78, 5) is 31.6. The van der Waals surface area contributed by atoms with Crippen LogP contribution in [0.1, 0.15) is 20.9 Å². The maximum atomic E-state index is 12.2. The van der Waals surface area contributed by atoms with Gasteiger partial charge < -0.3 is 5.11 Å². The van der Waals surface area contributed by atoms with E-state index in [2.05, 4.69) is 9.97 Å². The number of fused-ring (bicyclic) bond motifs is 1. The molecular weight excluding hydrogens is 326 g/mol. The fourth-order valence-electron chi connectivity index (χ4n) is 1.79. The number of carbonyl (C=O) groups is 1. The largest absolute Gasteiger partial charge is 0.477 e. The van der Waals surface area contributed by atoms with Crippen LogP contribution in [0.2, 0.25) is 5.02 Å². The summed E-state index contributed by atoms with van der Waals surface area (Å²) in [7, 11) is 0. The highest BCUT2D eigenvalue weighted by Gasteiger charge is 2.14. The molecule has 0 aliphatic rings. The number of halogens is 1. The van der Waals surface area contributed by atoms with E-state index in [0.717, 1.165) is 21.3 Å². The van der Waals surface area contributed by atoms with Crippen molar-refractivity contribution in [3.63, 3.8) is 0 Å². The van der Waals surface area contributed by atoms with Crippen LogP contribution < -0.4 is 5.56 Å². The molecule has 3 rings (SSSR count). The molecule has 0 saturated carbocycles. The van der Waals surface area contributed by atoms with E-state index in [4.69, 9.17) is 16.7 Å². The second kappa shape index (κ2) is 5.70. The Labute approximate surface area is 133 Å². The van der Waals surface area contributed by atoms with Crippen molar-refractivity contribution in [3.8, 4) is 0 Å². The van der Waals surface area contributed by atoms with Gasteiger partial charge in [-0.3, -0.25) is 14.2 Å². The number of carboxylic acids is 1. The molecule has 0 atom stereocenters. The van der Waals surface area contributed by atoms with Gasteiger partial charge in [0.1, 0.15) is 9.90 Å². The van der Waals surface area contributed by atoms with E-state index in [-0.39, 0.29) is 20.6 Å². The zero-order valence-corrected chi connectivity index (χ0v) is 12.5. The molecule has 0 aliphatic heterocycles. The standard InChI is InChI=1S/C14H8ClN3O3S/c15-11-9(4-3-8-2-1-5-16-6-8)17-14-18(12(11)19)7-10(22-14)13(20)21/h1-7H,(H,20,21). The zero-order chi connectivity index (χ0) is 15.7. The summed E-state index contributed by atoms with van der Waals surface area (Å²) in [6.45, 7) is 0. The molecule has 0 aromatic carbocycles. The minimum atomic E-state index is -1.11. The van der Waals surface area contributed by atoms with E-state index in [1.165, 1.54) is 6.20 Å². The summed E-state index contributed by atoms with van der Waals surface area (Å²) in [5.74, 6) is -1.11. The highest BCUT2D eigenvalue weighted by atomic mass is 35.5. The number of nitrogens with zero attached hydrogens (tertiary/aromatic N) is 3. The Bertz CT molecular complexity index is 947. The van der Waals surface area contributed by atoms with Crippen LogP contribution in [0.5, 0.6) is 0 Å². The molecule has 0 spiro atoms. The number of pyridine rings is 1. The number of rotatable bonds is 3. The van der Waals surface area contributed by atoms with Crippen molar-refractivity contribution in [2.75, 3.05) is 0 Å². The van der Waals surface area contributed by atoms with Crippen molar-refractivity contribution in [1.82, 2.24) is 14.4 Å². The SMILES string of the molecule is O=C(O)c1cn2c(=O)c(Cl)c(C=Cc3cccnc3)nc2s1. The Morgan fingerprint density at radius 3 is 2.91 bits per heavy atom. The van der Waals surface area contributed by atoms with Crippen molar-refractivity contribution >= 4 is 46.0 Å². The van der Waals surface area contributed by atoms with Crippen LogP contribution in [0.4, 0.5) is 0 Å². The average molecular weight is 334 g/mol. The van der Waals surface area contributed by atoms with Crippen molar-refractivity contribution in [3.05, 3.63) is 62.2 Å². The van der Waals surface area contributed by atoms with Crippen molar-refractivity contribution in [2.45, 2.75) is 0 Å². The van der Waals surface area contributed by atoms with Gasteiger partial charge >= 0.3 is 5.97 Å². The van der Waals surface area contributed by atoms with E-state index in [0.29, 0.717) is 0 Å². The molecule has 0 amide bonds. The van der Waals surface area contributed by atoms with Gasteiger partial charge in [-0.1, -0.05) is 35.1 Å². The van der Waals surface area contributed by atoms with Gasteiger partial charge in [0.15, 0.2) is 4.96 Å². The molecular formula is C14H8ClN3O3S. The maximum absolute atomic E-state index is 12.2. The van der Waals surface area contributed by atoms with Gasteiger partial charge in [-0.25, -0.2) is 9.78 Å². The number of aromatic nitrogens is 3. The number of hydrogen-bond acceptors (Lipinski definition) is 5. The van der Waals surface area contributed by atoms with Gasteiger partial charge in [-0.2, -0.15) is 0 Å².